The van der Waals surface area contributed by atoms with E-state index in [1.807, 2.05) is 0 Å². The Labute approximate surface area is 158 Å². The number of benzene rings is 3. The number of phenolic OH excluding ortho intramolecular Hbond substituents is 3. The van der Waals surface area contributed by atoms with Crippen LogP contribution in [0.4, 0.5) is 15.8 Å². The zero-order valence-corrected chi connectivity index (χ0v) is 14.3. The van der Waals surface area contributed by atoms with Gasteiger partial charge in [0.15, 0.2) is 0 Å². The molecule has 8 heteroatoms. The van der Waals surface area contributed by atoms with E-state index in [-0.39, 0.29) is 39.8 Å². The first-order valence-corrected chi connectivity index (χ1v) is 8.07. The Balaban J connectivity index is 1.87. The lowest BCUT2D eigenvalue weighted by molar-refractivity contribution is 0.101. The molecule has 0 saturated heterocycles. The van der Waals surface area contributed by atoms with E-state index in [2.05, 4.69) is 10.6 Å². The molecule has 0 aliphatic heterocycles. The van der Waals surface area contributed by atoms with Crippen LogP contribution in [0.25, 0.3) is 0 Å². The fourth-order valence-electron chi connectivity index (χ4n) is 2.51. The Hall–Kier alpha value is -4.07. The molecule has 0 heterocycles. The predicted octanol–water partition coefficient (Wildman–Crippen LogP) is 3.45. The van der Waals surface area contributed by atoms with Gasteiger partial charge in [-0.2, -0.15) is 0 Å². The van der Waals surface area contributed by atoms with Crippen molar-refractivity contribution < 1.29 is 29.3 Å². The second kappa shape index (κ2) is 7.67. The van der Waals surface area contributed by atoms with Crippen molar-refractivity contribution in [3.8, 4) is 17.2 Å². The van der Waals surface area contributed by atoms with Gasteiger partial charge < -0.3 is 26.0 Å². The fraction of sp³-hybridized carbons (Fsp3) is 0. The molecule has 0 fully saturated rings. The zero-order valence-electron chi connectivity index (χ0n) is 14.3. The van der Waals surface area contributed by atoms with Crippen molar-refractivity contribution in [2.24, 2.45) is 0 Å². The molecule has 0 saturated carbocycles. The summed E-state index contributed by atoms with van der Waals surface area (Å²) < 4.78 is 14.3. The highest BCUT2D eigenvalue weighted by Gasteiger charge is 2.17. The van der Waals surface area contributed by atoms with Crippen molar-refractivity contribution in [2.45, 2.75) is 0 Å². The van der Waals surface area contributed by atoms with E-state index in [1.54, 1.807) is 0 Å². The number of rotatable bonds is 4. The molecule has 28 heavy (non-hydrogen) atoms. The number of anilines is 2. The minimum Gasteiger partial charge on any atom is -0.508 e. The van der Waals surface area contributed by atoms with Gasteiger partial charge in [0.1, 0.15) is 28.8 Å². The van der Waals surface area contributed by atoms with E-state index >= 15 is 0 Å². The van der Waals surface area contributed by atoms with Gasteiger partial charge in [0, 0.05) is 17.2 Å². The second-order valence-electron chi connectivity index (χ2n) is 5.86. The summed E-state index contributed by atoms with van der Waals surface area (Å²) in [5, 5.41) is 33.3. The Morgan fingerprint density at radius 3 is 2.00 bits per heavy atom. The number of aromatic hydroxyl groups is 3. The maximum absolute atomic E-state index is 14.3. The molecule has 5 N–H and O–H groups in total. The Morgan fingerprint density at radius 1 is 0.714 bits per heavy atom. The summed E-state index contributed by atoms with van der Waals surface area (Å²) in [6, 6.07) is 12.6. The van der Waals surface area contributed by atoms with Crippen molar-refractivity contribution >= 4 is 23.2 Å². The van der Waals surface area contributed by atoms with Gasteiger partial charge >= 0.3 is 0 Å². The normalized spacial score (nSPS) is 10.3. The molecule has 7 nitrogen and oxygen atoms in total. The maximum Gasteiger partial charge on any atom is 0.255 e. The average Bonchev–Trinajstić information content (AvgIpc) is 2.63. The van der Waals surface area contributed by atoms with Gasteiger partial charge in [-0.25, -0.2) is 4.39 Å². The summed E-state index contributed by atoms with van der Waals surface area (Å²) in [6.45, 7) is 0. The molecule has 3 aromatic rings. The third kappa shape index (κ3) is 4.18. The van der Waals surface area contributed by atoms with Gasteiger partial charge in [-0.15, -0.1) is 0 Å². The SMILES string of the molecule is O=C(Nc1cccc(F)c1NC(=O)c1cccc(O)c1)c1cc(O)cc(O)c1. The van der Waals surface area contributed by atoms with Crippen LogP contribution in [0.2, 0.25) is 0 Å². The van der Waals surface area contributed by atoms with Crippen molar-refractivity contribution in [3.05, 3.63) is 77.6 Å². The zero-order chi connectivity index (χ0) is 20.3. The molecule has 142 valence electrons. The standard InChI is InChI=1S/C20H15FN2O5/c21-16-5-2-6-17(22-20(28)12-8-14(25)10-15(26)9-12)18(16)23-19(27)11-3-1-4-13(24)7-11/h1-10,24-26H,(H,22,28)(H,23,27). The molecule has 0 aromatic heterocycles. The highest BCUT2D eigenvalue weighted by molar-refractivity contribution is 6.10. The van der Waals surface area contributed by atoms with Gasteiger partial charge in [0.2, 0.25) is 0 Å². The third-order valence-electron chi connectivity index (χ3n) is 3.77. The number of nitrogens with one attached hydrogen (secondary N) is 2. The highest BCUT2D eigenvalue weighted by atomic mass is 19.1. The lowest BCUT2D eigenvalue weighted by atomic mass is 10.1. The number of para-hydroxylation sites is 1. The van der Waals surface area contributed by atoms with E-state index in [1.165, 1.54) is 36.4 Å². The Kier molecular flexibility index (Phi) is 5.12. The molecular weight excluding hydrogens is 367 g/mol. The van der Waals surface area contributed by atoms with Crippen LogP contribution in [-0.2, 0) is 0 Å². The molecule has 0 atom stereocenters. The van der Waals surface area contributed by atoms with Crippen molar-refractivity contribution in [3.63, 3.8) is 0 Å². The first-order chi connectivity index (χ1) is 13.3. The highest BCUT2D eigenvalue weighted by Crippen LogP contribution is 2.28. The number of phenols is 3. The quantitative estimate of drug-likeness (QED) is 0.474. The number of amides is 2. The van der Waals surface area contributed by atoms with Gasteiger partial charge in [0.05, 0.1) is 5.69 Å². The lowest BCUT2D eigenvalue weighted by Crippen LogP contribution is -2.17. The molecule has 2 amide bonds. The molecule has 0 aliphatic rings. The van der Waals surface area contributed by atoms with Crippen LogP contribution in [0, 0.1) is 5.82 Å². The molecule has 3 aromatic carbocycles. The minimum absolute atomic E-state index is 0.0265. The van der Waals surface area contributed by atoms with Gasteiger partial charge in [-0.1, -0.05) is 12.1 Å². The summed E-state index contributed by atoms with van der Waals surface area (Å²) in [5.74, 6) is -2.97. The summed E-state index contributed by atoms with van der Waals surface area (Å²) in [6.07, 6.45) is 0. The molecular formula is C20H15FN2O5. The van der Waals surface area contributed by atoms with Crippen LogP contribution in [-0.4, -0.2) is 27.1 Å². The number of hydrogen-bond donors (Lipinski definition) is 5. The lowest BCUT2D eigenvalue weighted by Gasteiger charge is -2.13. The van der Waals surface area contributed by atoms with Gasteiger partial charge in [-0.3, -0.25) is 9.59 Å². The van der Waals surface area contributed by atoms with Crippen molar-refractivity contribution in [2.75, 3.05) is 10.6 Å². The third-order valence-corrected chi connectivity index (χ3v) is 3.77. The largest absolute Gasteiger partial charge is 0.508 e. The number of carbonyl (C=O) groups excluding carboxylic acids is 2. The topological polar surface area (TPSA) is 119 Å². The van der Waals surface area contributed by atoms with E-state index in [4.69, 9.17) is 0 Å². The monoisotopic (exact) mass is 382 g/mol. The Morgan fingerprint density at radius 2 is 1.32 bits per heavy atom. The van der Waals surface area contributed by atoms with Crippen LogP contribution in [0.1, 0.15) is 20.7 Å². The first-order valence-electron chi connectivity index (χ1n) is 8.07. The summed E-state index contributed by atoms with van der Waals surface area (Å²) in [7, 11) is 0. The van der Waals surface area contributed by atoms with Crippen LogP contribution in [0.15, 0.2) is 60.7 Å². The molecule has 0 aliphatic carbocycles. The van der Waals surface area contributed by atoms with Crippen LogP contribution < -0.4 is 10.6 Å². The van der Waals surface area contributed by atoms with Gasteiger partial charge in [0.25, 0.3) is 11.8 Å². The molecule has 0 bridgehead atoms. The number of halogens is 1. The Bertz CT molecular complexity index is 1050. The molecule has 0 unspecified atom stereocenters. The van der Waals surface area contributed by atoms with E-state index in [9.17, 15) is 29.3 Å². The second-order valence-corrected chi connectivity index (χ2v) is 5.86. The fourth-order valence-corrected chi connectivity index (χ4v) is 2.51. The number of carbonyl (C=O) groups is 2. The predicted molar refractivity (Wildman–Crippen MR) is 100 cm³/mol. The summed E-state index contributed by atoms with van der Waals surface area (Å²) in [4.78, 5) is 24.7. The minimum atomic E-state index is -0.787. The van der Waals surface area contributed by atoms with Crippen LogP contribution >= 0.6 is 0 Å². The maximum atomic E-state index is 14.3. The van der Waals surface area contributed by atoms with E-state index in [0.717, 1.165) is 24.3 Å². The van der Waals surface area contributed by atoms with E-state index in [0.29, 0.717) is 0 Å². The summed E-state index contributed by atoms with van der Waals surface area (Å²) >= 11 is 0. The first kappa shape index (κ1) is 18.7. The van der Waals surface area contributed by atoms with Crippen molar-refractivity contribution in [1.82, 2.24) is 0 Å². The smallest absolute Gasteiger partial charge is 0.255 e. The summed E-state index contributed by atoms with van der Waals surface area (Å²) in [5.41, 5.74) is -0.264. The molecule has 0 radical (unpaired) electrons. The van der Waals surface area contributed by atoms with Crippen LogP contribution in [0.3, 0.4) is 0 Å². The molecule has 3 rings (SSSR count). The molecule has 0 spiro atoms. The van der Waals surface area contributed by atoms with Crippen molar-refractivity contribution in [1.29, 1.82) is 0 Å². The average molecular weight is 382 g/mol. The van der Waals surface area contributed by atoms with E-state index < -0.39 is 17.6 Å². The number of hydrogen-bond acceptors (Lipinski definition) is 5. The van der Waals surface area contributed by atoms with Gasteiger partial charge in [-0.05, 0) is 42.5 Å². The van der Waals surface area contributed by atoms with Crippen LogP contribution in [0.5, 0.6) is 17.2 Å².